The zero-order chi connectivity index (χ0) is 19.4. The van der Waals surface area contributed by atoms with Gasteiger partial charge in [0.25, 0.3) is 0 Å². The van der Waals surface area contributed by atoms with Crippen molar-refractivity contribution in [2.75, 3.05) is 13.2 Å². The number of rotatable bonds is 7. The van der Waals surface area contributed by atoms with Gasteiger partial charge in [0.2, 0.25) is 5.78 Å². The number of ketones is 2. The third-order valence-electron chi connectivity index (χ3n) is 4.12. The SMILES string of the molecule is CC(=O)c1c(C)[nH]c(C(=O)COC(=O)COc2cc(C)ccc2C)c1C. The summed E-state index contributed by atoms with van der Waals surface area (Å²) < 4.78 is 10.5. The third kappa shape index (κ3) is 4.39. The van der Waals surface area contributed by atoms with Crippen molar-refractivity contribution in [3.63, 3.8) is 0 Å². The Labute approximate surface area is 152 Å². The molecule has 0 atom stereocenters. The van der Waals surface area contributed by atoms with Crippen molar-refractivity contribution in [3.8, 4) is 5.75 Å². The van der Waals surface area contributed by atoms with E-state index < -0.39 is 18.4 Å². The van der Waals surface area contributed by atoms with Crippen molar-refractivity contribution in [1.29, 1.82) is 0 Å². The maximum atomic E-state index is 12.3. The second-order valence-corrected chi connectivity index (χ2v) is 6.32. The van der Waals surface area contributed by atoms with Gasteiger partial charge < -0.3 is 14.5 Å². The van der Waals surface area contributed by atoms with Crippen LogP contribution >= 0.6 is 0 Å². The van der Waals surface area contributed by atoms with Crippen molar-refractivity contribution in [1.82, 2.24) is 4.98 Å². The topological polar surface area (TPSA) is 85.5 Å². The van der Waals surface area contributed by atoms with Crippen LogP contribution in [0.1, 0.15) is 50.2 Å². The van der Waals surface area contributed by atoms with Crippen LogP contribution in [0.15, 0.2) is 18.2 Å². The molecule has 138 valence electrons. The second kappa shape index (κ2) is 7.99. The molecule has 2 rings (SSSR count). The van der Waals surface area contributed by atoms with Gasteiger partial charge in [0.1, 0.15) is 5.75 Å². The van der Waals surface area contributed by atoms with Crippen LogP contribution in [-0.2, 0) is 9.53 Å². The number of H-pyrrole nitrogens is 1. The highest BCUT2D eigenvalue weighted by atomic mass is 16.6. The minimum Gasteiger partial charge on any atom is -0.482 e. The average molecular weight is 357 g/mol. The number of hydrogen-bond donors (Lipinski definition) is 1. The Hall–Kier alpha value is -2.89. The highest BCUT2D eigenvalue weighted by molar-refractivity contribution is 6.04. The molecular formula is C20H23NO5. The van der Waals surface area contributed by atoms with Crippen LogP contribution in [0.25, 0.3) is 0 Å². The summed E-state index contributed by atoms with van der Waals surface area (Å²) in [5.41, 5.74) is 3.92. The predicted octanol–water partition coefficient (Wildman–Crippen LogP) is 3.26. The first-order valence-corrected chi connectivity index (χ1v) is 8.29. The predicted molar refractivity (Wildman–Crippen MR) is 97.0 cm³/mol. The molecule has 0 aliphatic carbocycles. The van der Waals surface area contributed by atoms with E-state index in [0.29, 0.717) is 22.6 Å². The van der Waals surface area contributed by atoms with Crippen LogP contribution in [0, 0.1) is 27.7 Å². The van der Waals surface area contributed by atoms with E-state index in [0.717, 1.165) is 11.1 Å². The lowest BCUT2D eigenvalue weighted by Crippen LogP contribution is -2.20. The number of benzene rings is 1. The van der Waals surface area contributed by atoms with Crippen LogP contribution in [0.4, 0.5) is 0 Å². The summed E-state index contributed by atoms with van der Waals surface area (Å²) in [5, 5.41) is 0. The Bertz CT molecular complexity index is 863. The van der Waals surface area contributed by atoms with Crippen LogP contribution < -0.4 is 4.74 Å². The monoisotopic (exact) mass is 357 g/mol. The summed E-state index contributed by atoms with van der Waals surface area (Å²) in [6.07, 6.45) is 0. The van der Waals surface area contributed by atoms with Crippen LogP contribution in [-0.4, -0.2) is 35.7 Å². The smallest absolute Gasteiger partial charge is 0.344 e. The normalized spacial score (nSPS) is 10.5. The van der Waals surface area contributed by atoms with E-state index in [-0.39, 0.29) is 18.1 Å². The molecular weight excluding hydrogens is 334 g/mol. The van der Waals surface area contributed by atoms with Gasteiger partial charge in [0.15, 0.2) is 19.0 Å². The van der Waals surface area contributed by atoms with E-state index in [2.05, 4.69) is 4.98 Å². The van der Waals surface area contributed by atoms with Gasteiger partial charge in [-0.2, -0.15) is 0 Å². The van der Waals surface area contributed by atoms with Crippen molar-refractivity contribution in [2.45, 2.75) is 34.6 Å². The minimum absolute atomic E-state index is 0.116. The van der Waals surface area contributed by atoms with Crippen molar-refractivity contribution < 1.29 is 23.9 Å². The Morgan fingerprint density at radius 2 is 1.73 bits per heavy atom. The molecule has 1 aromatic heterocycles. The lowest BCUT2D eigenvalue weighted by atomic mass is 10.1. The first kappa shape index (κ1) is 19.4. The van der Waals surface area contributed by atoms with E-state index in [9.17, 15) is 14.4 Å². The van der Waals surface area contributed by atoms with Gasteiger partial charge in [-0.1, -0.05) is 12.1 Å². The number of esters is 1. The number of aryl methyl sites for hydroxylation is 3. The minimum atomic E-state index is -0.632. The first-order valence-electron chi connectivity index (χ1n) is 8.29. The van der Waals surface area contributed by atoms with Gasteiger partial charge in [-0.25, -0.2) is 4.79 Å². The summed E-state index contributed by atoms with van der Waals surface area (Å²) in [6, 6.07) is 5.69. The number of Topliss-reactive ketones (excluding diaryl/α,β-unsaturated/α-hetero) is 2. The van der Waals surface area contributed by atoms with Crippen molar-refractivity contribution in [3.05, 3.63) is 51.8 Å². The number of carbonyl (C=O) groups is 3. The second-order valence-electron chi connectivity index (χ2n) is 6.32. The highest BCUT2D eigenvalue weighted by Crippen LogP contribution is 2.20. The molecule has 0 spiro atoms. The average Bonchev–Trinajstić information content (AvgIpc) is 2.88. The molecule has 6 nitrogen and oxygen atoms in total. The fourth-order valence-electron chi connectivity index (χ4n) is 2.82. The molecule has 1 N–H and O–H groups in total. The number of aromatic nitrogens is 1. The molecule has 0 bridgehead atoms. The van der Waals surface area contributed by atoms with Gasteiger partial charge >= 0.3 is 5.97 Å². The lowest BCUT2D eigenvalue weighted by molar-refractivity contribution is -0.144. The Kier molecular flexibility index (Phi) is 5.97. The standard InChI is InChI=1S/C20H23NO5/c1-11-6-7-12(2)17(8-11)25-10-18(24)26-9-16(23)20-13(3)19(15(5)22)14(4)21-20/h6-8,21H,9-10H2,1-5H3. The first-order chi connectivity index (χ1) is 12.2. The highest BCUT2D eigenvalue weighted by Gasteiger charge is 2.20. The van der Waals surface area contributed by atoms with E-state index in [1.807, 2.05) is 32.0 Å². The van der Waals surface area contributed by atoms with Gasteiger partial charge in [0, 0.05) is 11.3 Å². The molecule has 0 aliphatic rings. The van der Waals surface area contributed by atoms with E-state index >= 15 is 0 Å². The Balaban J connectivity index is 1.93. The number of nitrogens with one attached hydrogen (secondary N) is 1. The van der Waals surface area contributed by atoms with Gasteiger partial charge in [-0.15, -0.1) is 0 Å². The molecule has 26 heavy (non-hydrogen) atoms. The number of carbonyl (C=O) groups excluding carboxylic acids is 3. The molecule has 0 saturated carbocycles. The van der Waals surface area contributed by atoms with E-state index in [1.165, 1.54) is 6.92 Å². The number of ether oxygens (including phenoxy) is 2. The van der Waals surface area contributed by atoms with Crippen molar-refractivity contribution >= 4 is 17.5 Å². The molecule has 1 heterocycles. The molecule has 0 aliphatic heterocycles. The molecule has 0 amide bonds. The molecule has 0 saturated heterocycles. The molecule has 0 radical (unpaired) electrons. The summed E-state index contributed by atoms with van der Waals surface area (Å²) >= 11 is 0. The molecule has 6 heteroatoms. The van der Waals surface area contributed by atoms with Gasteiger partial charge in [-0.3, -0.25) is 9.59 Å². The van der Waals surface area contributed by atoms with Crippen LogP contribution in [0.5, 0.6) is 5.75 Å². The van der Waals surface area contributed by atoms with Gasteiger partial charge in [-0.05, 0) is 57.4 Å². The van der Waals surface area contributed by atoms with E-state index in [4.69, 9.17) is 9.47 Å². The quantitative estimate of drug-likeness (QED) is 0.607. The molecule has 0 fully saturated rings. The summed E-state index contributed by atoms with van der Waals surface area (Å²) in [5.74, 6) is -0.533. The zero-order valence-electron chi connectivity index (χ0n) is 15.7. The zero-order valence-corrected chi connectivity index (χ0v) is 15.7. The maximum absolute atomic E-state index is 12.3. The maximum Gasteiger partial charge on any atom is 0.344 e. The van der Waals surface area contributed by atoms with Crippen molar-refractivity contribution in [2.24, 2.45) is 0 Å². The largest absolute Gasteiger partial charge is 0.482 e. The van der Waals surface area contributed by atoms with Gasteiger partial charge in [0.05, 0.1) is 5.69 Å². The fraction of sp³-hybridized carbons (Fsp3) is 0.350. The van der Waals surface area contributed by atoms with Crippen LogP contribution in [0.3, 0.4) is 0 Å². The molecule has 0 unspecified atom stereocenters. The number of aromatic amines is 1. The Morgan fingerprint density at radius 3 is 2.35 bits per heavy atom. The number of hydrogen-bond acceptors (Lipinski definition) is 5. The van der Waals surface area contributed by atoms with E-state index in [1.54, 1.807) is 13.8 Å². The summed E-state index contributed by atoms with van der Waals surface area (Å²) in [6.45, 7) is 7.99. The third-order valence-corrected chi connectivity index (χ3v) is 4.12. The van der Waals surface area contributed by atoms with Crippen LogP contribution in [0.2, 0.25) is 0 Å². The molecule has 2 aromatic rings. The summed E-state index contributed by atoms with van der Waals surface area (Å²) in [7, 11) is 0. The fourth-order valence-corrected chi connectivity index (χ4v) is 2.82. The Morgan fingerprint density at radius 1 is 1.04 bits per heavy atom. The molecule has 1 aromatic carbocycles. The summed E-state index contributed by atoms with van der Waals surface area (Å²) in [4.78, 5) is 38.6. The lowest BCUT2D eigenvalue weighted by Gasteiger charge is -2.09.